The van der Waals surface area contributed by atoms with Gasteiger partial charge in [-0.2, -0.15) is 9.65 Å². The summed E-state index contributed by atoms with van der Waals surface area (Å²) in [6, 6.07) is 9.31. The highest BCUT2D eigenvalue weighted by Crippen LogP contribution is 2.31. The zero-order valence-corrected chi connectivity index (χ0v) is 16.7. The zero-order valence-electron chi connectivity index (χ0n) is 16.7. The third kappa shape index (κ3) is 7.68. The molecule has 0 spiro atoms. The van der Waals surface area contributed by atoms with Gasteiger partial charge >= 0.3 is 5.97 Å². The average Bonchev–Trinajstić information content (AvgIpc) is 2.72. The molecule has 0 aliphatic heterocycles. The molecule has 0 bridgehead atoms. The number of hydrogen-bond donors (Lipinski definition) is 0. The van der Waals surface area contributed by atoms with Gasteiger partial charge < -0.3 is 4.74 Å². The van der Waals surface area contributed by atoms with Crippen LogP contribution in [0.25, 0.3) is 0 Å². The fourth-order valence-electron chi connectivity index (χ4n) is 3.56. The Bertz CT molecular complexity index is 707. The van der Waals surface area contributed by atoms with Crippen LogP contribution in [0, 0.1) is 23.2 Å². The highest BCUT2D eigenvalue weighted by atomic mass is 19.1. The third-order valence-corrected chi connectivity index (χ3v) is 5.30. The van der Waals surface area contributed by atoms with E-state index in [4.69, 9.17) is 10.00 Å². The van der Waals surface area contributed by atoms with Crippen LogP contribution in [0.15, 0.2) is 48.3 Å². The van der Waals surface area contributed by atoms with Crippen LogP contribution in [-0.2, 0) is 11.2 Å². The van der Waals surface area contributed by atoms with Gasteiger partial charge in [0.2, 0.25) is 0 Å². The summed E-state index contributed by atoms with van der Waals surface area (Å²) in [5, 5.41) is 8.38. The summed E-state index contributed by atoms with van der Waals surface area (Å²) in [5.41, 5.74) is 1.28. The summed E-state index contributed by atoms with van der Waals surface area (Å²) in [6.45, 7) is 2.21. The Labute approximate surface area is 167 Å². The third-order valence-electron chi connectivity index (χ3n) is 5.30. The van der Waals surface area contributed by atoms with Gasteiger partial charge in [0, 0.05) is 0 Å². The van der Waals surface area contributed by atoms with E-state index in [1.807, 2.05) is 30.3 Å². The number of aryl methyl sites for hydroxylation is 1. The minimum absolute atomic E-state index is 0.0789. The molecular weight excluding hydrogens is 353 g/mol. The van der Waals surface area contributed by atoms with Crippen molar-refractivity contribution in [1.82, 2.24) is 0 Å². The highest BCUT2D eigenvalue weighted by molar-refractivity contribution is 5.75. The number of carbonyl (C=O) groups excluding carboxylic acids is 1. The number of allylic oxidation sites excluding steroid dienone is 4. The lowest BCUT2D eigenvalue weighted by molar-refractivity contribution is -0.140. The number of hydrogen-bond acceptors (Lipinski definition) is 3. The van der Waals surface area contributed by atoms with Crippen LogP contribution in [-0.4, -0.2) is 5.97 Å². The predicted molar refractivity (Wildman–Crippen MR) is 109 cm³/mol. The summed E-state index contributed by atoms with van der Waals surface area (Å²) in [6.07, 6.45) is 14.0. The minimum Gasteiger partial charge on any atom is -0.426 e. The van der Waals surface area contributed by atoms with Gasteiger partial charge in [0.05, 0.1) is 5.92 Å². The first kappa shape index (κ1) is 21.9. The second-order valence-electron chi connectivity index (χ2n) is 7.50. The van der Waals surface area contributed by atoms with Crippen molar-refractivity contribution in [3.8, 4) is 11.8 Å². The van der Waals surface area contributed by atoms with Gasteiger partial charge in [0.15, 0.2) is 5.83 Å². The van der Waals surface area contributed by atoms with Crippen LogP contribution in [0.2, 0.25) is 0 Å². The molecule has 1 saturated carbocycles. The fraction of sp³-hybridized carbons (Fsp3) is 0.500. The maximum Gasteiger partial charge on any atom is 0.314 e. The number of benzene rings is 1. The maximum absolute atomic E-state index is 12.8. The second kappa shape index (κ2) is 12.1. The summed E-state index contributed by atoms with van der Waals surface area (Å²) in [5.74, 6) is -0.0981. The SMILES string of the molecule is CCCCCCc1ccc(OC(=O)C2CCC(C=CC=C(F)C#N)CC2)cc1. The van der Waals surface area contributed by atoms with E-state index in [9.17, 15) is 9.18 Å². The molecule has 0 heterocycles. The number of nitriles is 1. The molecule has 0 saturated heterocycles. The number of esters is 1. The fourth-order valence-corrected chi connectivity index (χ4v) is 3.56. The molecule has 28 heavy (non-hydrogen) atoms. The zero-order chi connectivity index (χ0) is 20.2. The molecule has 150 valence electrons. The maximum atomic E-state index is 12.8. The van der Waals surface area contributed by atoms with Crippen molar-refractivity contribution in [2.45, 2.75) is 64.7 Å². The van der Waals surface area contributed by atoms with E-state index in [-0.39, 0.29) is 11.9 Å². The van der Waals surface area contributed by atoms with E-state index >= 15 is 0 Å². The largest absolute Gasteiger partial charge is 0.426 e. The topological polar surface area (TPSA) is 50.1 Å². The van der Waals surface area contributed by atoms with E-state index in [1.165, 1.54) is 43.4 Å². The van der Waals surface area contributed by atoms with E-state index in [2.05, 4.69) is 6.92 Å². The first-order valence-electron chi connectivity index (χ1n) is 10.4. The number of rotatable bonds is 9. The van der Waals surface area contributed by atoms with Gasteiger partial charge in [-0.15, -0.1) is 0 Å². The highest BCUT2D eigenvalue weighted by Gasteiger charge is 2.26. The molecule has 2 rings (SSSR count). The molecule has 1 aliphatic rings. The Morgan fingerprint density at radius 3 is 2.54 bits per heavy atom. The van der Waals surface area contributed by atoms with Gasteiger partial charge in [0.1, 0.15) is 11.8 Å². The van der Waals surface area contributed by atoms with E-state index < -0.39 is 5.83 Å². The molecule has 1 aromatic rings. The monoisotopic (exact) mass is 383 g/mol. The Morgan fingerprint density at radius 2 is 1.89 bits per heavy atom. The van der Waals surface area contributed by atoms with Crippen LogP contribution in [0.4, 0.5) is 4.39 Å². The lowest BCUT2D eigenvalue weighted by atomic mass is 9.82. The molecule has 0 atom stereocenters. The van der Waals surface area contributed by atoms with Gasteiger partial charge in [-0.25, -0.2) is 0 Å². The quantitative estimate of drug-likeness (QED) is 0.162. The Hall–Kier alpha value is -2.41. The Kier molecular flexibility index (Phi) is 9.48. The van der Waals surface area contributed by atoms with Crippen LogP contribution >= 0.6 is 0 Å². The molecule has 1 aliphatic carbocycles. The van der Waals surface area contributed by atoms with Crippen molar-refractivity contribution in [1.29, 1.82) is 5.26 Å². The summed E-state index contributed by atoms with van der Waals surface area (Å²) in [4.78, 5) is 12.4. The normalized spacial score (nSPS) is 20.1. The number of carbonyl (C=O) groups is 1. The van der Waals surface area contributed by atoms with Crippen molar-refractivity contribution in [2.75, 3.05) is 0 Å². The molecule has 0 aromatic heterocycles. The van der Waals surface area contributed by atoms with E-state index in [1.54, 1.807) is 6.08 Å². The summed E-state index contributed by atoms with van der Waals surface area (Å²) < 4.78 is 18.3. The van der Waals surface area contributed by atoms with Crippen molar-refractivity contribution in [3.05, 3.63) is 53.9 Å². The van der Waals surface area contributed by atoms with Gasteiger partial charge in [-0.05, 0) is 68.2 Å². The molecule has 0 N–H and O–H groups in total. The van der Waals surface area contributed by atoms with Crippen LogP contribution in [0.5, 0.6) is 5.75 Å². The van der Waals surface area contributed by atoms with Crippen molar-refractivity contribution in [3.63, 3.8) is 0 Å². The van der Waals surface area contributed by atoms with E-state index in [0.717, 1.165) is 32.1 Å². The number of ether oxygens (including phenoxy) is 1. The van der Waals surface area contributed by atoms with Crippen LogP contribution in [0.1, 0.15) is 63.9 Å². The summed E-state index contributed by atoms with van der Waals surface area (Å²) >= 11 is 0. The molecule has 0 unspecified atom stereocenters. The minimum atomic E-state index is -0.791. The lowest BCUT2D eigenvalue weighted by Gasteiger charge is -2.25. The Balaban J connectivity index is 1.74. The van der Waals surface area contributed by atoms with Gasteiger partial charge in [-0.3, -0.25) is 4.79 Å². The molecule has 1 fully saturated rings. The smallest absolute Gasteiger partial charge is 0.314 e. The van der Waals surface area contributed by atoms with Crippen LogP contribution < -0.4 is 4.74 Å². The molecule has 3 nitrogen and oxygen atoms in total. The molecular formula is C24H30FNO2. The first-order chi connectivity index (χ1) is 13.6. The number of nitrogens with zero attached hydrogens (tertiary/aromatic N) is 1. The molecule has 4 heteroatoms. The second-order valence-corrected chi connectivity index (χ2v) is 7.50. The Morgan fingerprint density at radius 1 is 1.18 bits per heavy atom. The predicted octanol–water partition coefficient (Wildman–Crippen LogP) is 6.45. The van der Waals surface area contributed by atoms with E-state index in [0.29, 0.717) is 11.7 Å². The first-order valence-corrected chi connectivity index (χ1v) is 10.4. The van der Waals surface area contributed by atoms with Crippen LogP contribution in [0.3, 0.4) is 0 Å². The number of unbranched alkanes of at least 4 members (excludes halogenated alkanes) is 3. The standard InChI is InChI=1S/C24H30FNO2/c1-2-3-4-5-7-19-12-16-23(17-13-19)28-24(27)21-14-10-20(11-15-21)8-6-9-22(25)18-26/h6,8-9,12-13,16-17,20-21H,2-5,7,10-11,14-15H2,1H3. The summed E-state index contributed by atoms with van der Waals surface area (Å²) in [7, 11) is 0. The molecule has 1 aromatic carbocycles. The average molecular weight is 384 g/mol. The lowest BCUT2D eigenvalue weighted by Crippen LogP contribution is -2.25. The van der Waals surface area contributed by atoms with Crippen molar-refractivity contribution in [2.24, 2.45) is 11.8 Å². The van der Waals surface area contributed by atoms with Gasteiger partial charge in [0.25, 0.3) is 0 Å². The van der Waals surface area contributed by atoms with Crippen molar-refractivity contribution >= 4 is 5.97 Å². The molecule has 0 amide bonds. The van der Waals surface area contributed by atoms with Gasteiger partial charge in [-0.1, -0.05) is 50.5 Å². The molecule has 0 radical (unpaired) electrons. The number of halogens is 1. The van der Waals surface area contributed by atoms with Crippen molar-refractivity contribution < 1.29 is 13.9 Å².